The van der Waals surface area contributed by atoms with Gasteiger partial charge in [0.15, 0.2) is 0 Å². The average Bonchev–Trinajstić information content (AvgIpc) is 2.81. The molecule has 0 unspecified atom stereocenters. The van der Waals surface area contributed by atoms with Crippen molar-refractivity contribution in [3.8, 4) is 5.75 Å². The maximum atomic E-state index is 13.0. The molecule has 2 bridgehead atoms. The molecule has 7 heteroatoms. The predicted octanol–water partition coefficient (Wildman–Crippen LogP) is 3.37. The molecule has 3 aromatic carbocycles. The highest BCUT2D eigenvalue weighted by Gasteiger charge is 2.42. The second-order valence-electron chi connectivity index (χ2n) is 8.40. The Morgan fingerprint density at radius 3 is 2.16 bits per heavy atom. The third kappa shape index (κ3) is 3.38. The van der Waals surface area contributed by atoms with Gasteiger partial charge < -0.3 is 10.1 Å². The first-order valence-electron chi connectivity index (χ1n) is 10.5. The molecule has 0 saturated heterocycles. The van der Waals surface area contributed by atoms with Crippen molar-refractivity contribution in [1.29, 1.82) is 0 Å². The first-order chi connectivity index (χ1) is 15.4. The number of benzene rings is 3. The molecule has 0 heterocycles. The predicted molar refractivity (Wildman–Crippen MR) is 121 cm³/mol. The monoisotopic (exact) mass is 448 g/mol. The number of carbonyl (C=O) groups is 1. The highest BCUT2D eigenvalue weighted by Crippen LogP contribution is 2.55. The summed E-state index contributed by atoms with van der Waals surface area (Å²) in [6.45, 7) is 0.478. The second kappa shape index (κ2) is 7.76. The number of methoxy groups -OCH3 is 1. The quantitative estimate of drug-likeness (QED) is 0.625. The summed E-state index contributed by atoms with van der Waals surface area (Å²) in [7, 11) is -2.49. The van der Waals surface area contributed by atoms with Crippen LogP contribution in [0.15, 0.2) is 71.6 Å². The Morgan fingerprint density at radius 1 is 1.00 bits per heavy atom. The minimum atomic E-state index is -3.93. The number of primary sulfonamides is 1. The van der Waals surface area contributed by atoms with Crippen molar-refractivity contribution in [3.63, 3.8) is 0 Å². The lowest BCUT2D eigenvalue weighted by Gasteiger charge is -2.45. The summed E-state index contributed by atoms with van der Waals surface area (Å²) >= 11 is 0. The molecule has 3 aliphatic rings. The van der Waals surface area contributed by atoms with Crippen molar-refractivity contribution < 1.29 is 17.9 Å². The van der Waals surface area contributed by atoms with Crippen molar-refractivity contribution in [2.45, 2.75) is 23.2 Å². The van der Waals surface area contributed by atoms with Crippen molar-refractivity contribution in [2.24, 2.45) is 11.1 Å². The van der Waals surface area contributed by atoms with E-state index in [-0.39, 0.29) is 28.2 Å². The third-order valence-electron chi connectivity index (χ3n) is 6.69. The normalized spacial score (nSPS) is 20.9. The number of hydrogen-bond donors (Lipinski definition) is 2. The van der Waals surface area contributed by atoms with Crippen molar-refractivity contribution in [1.82, 2.24) is 5.32 Å². The summed E-state index contributed by atoms with van der Waals surface area (Å²) in [5.74, 6) is 0.687. The summed E-state index contributed by atoms with van der Waals surface area (Å²) in [6, 6.07) is 21.2. The zero-order valence-corrected chi connectivity index (χ0v) is 18.4. The van der Waals surface area contributed by atoms with Crippen LogP contribution < -0.4 is 15.2 Å². The average molecular weight is 449 g/mol. The Balaban J connectivity index is 1.43. The Morgan fingerprint density at radius 2 is 1.59 bits per heavy atom. The van der Waals surface area contributed by atoms with Crippen LogP contribution in [0.5, 0.6) is 5.75 Å². The zero-order valence-electron chi connectivity index (χ0n) is 17.6. The van der Waals surface area contributed by atoms with Crippen molar-refractivity contribution in [3.05, 3.63) is 94.5 Å². The van der Waals surface area contributed by atoms with Gasteiger partial charge >= 0.3 is 0 Å². The van der Waals surface area contributed by atoms with Crippen LogP contribution >= 0.6 is 0 Å². The maximum Gasteiger partial charge on any atom is 0.255 e. The minimum absolute atomic E-state index is 0.122. The molecule has 0 saturated carbocycles. The number of carbonyl (C=O) groups excluding carboxylic acids is 1. The van der Waals surface area contributed by atoms with E-state index in [1.807, 2.05) is 0 Å². The fourth-order valence-corrected chi connectivity index (χ4v) is 5.86. The molecule has 164 valence electrons. The standard InChI is InChI=1S/C25H24N2O4S/c1-31-23-11-10-16(32(26,29)30)13-22(23)25(28)27-14-15-12-21-17-6-2-4-8-19(17)24(15)20-9-5-3-7-18(20)21/h2-11,13,15,21,24H,12,14H2,1H3,(H,27,28)(H2,26,29,30)/t15-,21?,24?/m1/s1. The van der Waals surface area contributed by atoms with Gasteiger partial charge in [0.1, 0.15) is 5.75 Å². The number of hydrogen-bond acceptors (Lipinski definition) is 4. The Hall–Kier alpha value is -3.16. The number of fused-ring (bicyclic) bond motifs is 1. The van der Waals surface area contributed by atoms with Crippen LogP contribution in [0, 0.1) is 5.92 Å². The van der Waals surface area contributed by atoms with E-state index in [4.69, 9.17) is 9.88 Å². The van der Waals surface area contributed by atoms with Crippen LogP contribution in [-0.2, 0) is 10.0 Å². The summed E-state index contributed by atoms with van der Waals surface area (Å²) in [4.78, 5) is 12.9. The van der Waals surface area contributed by atoms with E-state index < -0.39 is 10.0 Å². The fraction of sp³-hybridized carbons (Fsp3) is 0.240. The molecule has 1 atom stereocenters. The van der Waals surface area contributed by atoms with Crippen LogP contribution in [0.2, 0.25) is 0 Å². The lowest BCUT2D eigenvalue weighted by molar-refractivity contribution is 0.0939. The van der Waals surface area contributed by atoms with Gasteiger partial charge in [0.25, 0.3) is 5.91 Å². The zero-order chi connectivity index (χ0) is 22.5. The molecule has 6 nitrogen and oxygen atoms in total. The number of nitrogens with two attached hydrogens (primary N) is 1. The van der Waals surface area contributed by atoms with E-state index in [1.165, 1.54) is 47.6 Å². The van der Waals surface area contributed by atoms with E-state index in [9.17, 15) is 13.2 Å². The number of nitrogens with one attached hydrogen (secondary N) is 1. The molecule has 0 spiro atoms. The fourth-order valence-electron chi connectivity index (χ4n) is 5.32. The van der Waals surface area contributed by atoms with E-state index >= 15 is 0 Å². The molecule has 3 N–H and O–H groups in total. The summed E-state index contributed by atoms with van der Waals surface area (Å²) in [5.41, 5.74) is 5.56. The topological polar surface area (TPSA) is 98.5 Å². The summed E-state index contributed by atoms with van der Waals surface area (Å²) in [6.07, 6.45) is 0.952. The highest BCUT2D eigenvalue weighted by molar-refractivity contribution is 7.89. The Bertz CT molecular complexity index is 1270. The molecule has 0 aliphatic heterocycles. The third-order valence-corrected chi connectivity index (χ3v) is 7.60. The van der Waals surface area contributed by atoms with Crippen LogP contribution in [0.4, 0.5) is 0 Å². The molecule has 6 rings (SSSR count). The molecular formula is C25H24N2O4S. The van der Waals surface area contributed by atoms with Crippen LogP contribution in [-0.4, -0.2) is 28.0 Å². The maximum absolute atomic E-state index is 13.0. The van der Waals surface area contributed by atoms with Gasteiger partial charge in [0.2, 0.25) is 10.0 Å². The van der Waals surface area contributed by atoms with E-state index in [1.54, 1.807) is 0 Å². The smallest absolute Gasteiger partial charge is 0.255 e. The van der Waals surface area contributed by atoms with Gasteiger partial charge in [0, 0.05) is 18.4 Å². The van der Waals surface area contributed by atoms with Crippen molar-refractivity contribution in [2.75, 3.05) is 13.7 Å². The molecule has 3 aromatic rings. The molecular weight excluding hydrogens is 424 g/mol. The van der Waals surface area contributed by atoms with Gasteiger partial charge in [-0.15, -0.1) is 0 Å². The lowest BCUT2D eigenvalue weighted by Crippen LogP contribution is -2.39. The van der Waals surface area contributed by atoms with Crippen molar-refractivity contribution >= 4 is 15.9 Å². The van der Waals surface area contributed by atoms with Gasteiger partial charge in [-0.05, 0) is 52.8 Å². The van der Waals surface area contributed by atoms with Gasteiger partial charge in [0.05, 0.1) is 17.6 Å². The minimum Gasteiger partial charge on any atom is -0.496 e. The van der Waals surface area contributed by atoms with Crippen LogP contribution in [0.3, 0.4) is 0 Å². The lowest BCUT2D eigenvalue weighted by atomic mass is 9.59. The summed E-state index contributed by atoms with van der Waals surface area (Å²) < 4.78 is 28.7. The second-order valence-corrected chi connectivity index (χ2v) is 9.96. The highest BCUT2D eigenvalue weighted by atomic mass is 32.2. The molecule has 0 radical (unpaired) electrons. The van der Waals surface area contributed by atoms with Gasteiger partial charge in [-0.3, -0.25) is 4.79 Å². The number of ether oxygens (including phenoxy) is 1. The van der Waals surface area contributed by atoms with Gasteiger partial charge in [-0.1, -0.05) is 48.5 Å². The largest absolute Gasteiger partial charge is 0.496 e. The number of rotatable bonds is 5. The van der Waals surface area contributed by atoms with E-state index in [0.717, 1.165) is 6.42 Å². The van der Waals surface area contributed by atoms with Gasteiger partial charge in [-0.2, -0.15) is 0 Å². The summed E-state index contributed by atoms with van der Waals surface area (Å²) in [5, 5.41) is 8.25. The van der Waals surface area contributed by atoms with E-state index in [2.05, 4.69) is 53.8 Å². The van der Waals surface area contributed by atoms with Crippen LogP contribution in [0.1, 0.15) is 50.9 Å². The molecule has 3 aliphatic carbocycles. The molecule has 0 fully saturated rings. The SMILES string of the molecule is COc1ccc(S(N)(=O)=O)cc1C(=O)NC[C@H]1CC2c3ccccc3C1c1ccccc12. The first kappa shape index (κ1) is 20.7. The first-order valence-corrected chi connectivity index (χ1v) is 12.1. The molecule has 1 amide bonds. The van der Waals surface area contributed by atoms with E-state index in [0.29, 0.717) is 18.2 Å². The molecule has 0 aromatic heterocycles. The number of amides is 1. The van der Waals surface area contributed by atoms with Crippen LogP contribution in [0.25, 0.3) is 0 Å². The Labute approximate surface area is 187 Å². The molecule has 32 heavy (non-hydrogen) atoms. The number of sulfonamides is 1. The van der Waals surface area contributed by atoms with Gasteiger partial charge in [-0.25, -0.2) is 13.6 Å². The Kier molecular flexibility index (Phi) is 5.03.